The van der Waals surface area contributed by atoms with E-state index in [2.05, 4.69) is 39.0 Å². The van der Waals surface area contributed by atoms with Gasteiger partial charge in [0.25, 0.3) is 0 Å². The number of para-hydroxylation sites is 2. The van der Waals surface area contributed by atoms with Crippen molar-refractivity contribution in [2.24, 2.45) is 0 Å². The molecule has 0 saturated carbocycles. The molecule has 3 rings (SSSR count). The Morgan fingerprint density at radius 2 is 1.07 bits per heavy atom. The molecule has 140 valence electrons. The molecule has 0 radical (unpaired) electrons. The van der Waals surface area contributed by atoms with Gasteiger partial charge in [0.2, 0.25) is 0 Å². The van der Waals surface area contributed by atoms with Crippen LogP contribution >= 0.6 is 23.5 Å². The third kappa shape index (κ3) is 4.63. The number of nitrogen functional groups attached to an aromatic ring is 2. The van der Waals surface area contributed by atoms with Gasteiger partial charge in [0.1, 0.15) is 0 Å². The Balaban J connectivity index is 1.82. The largest absolute Gasteiger partial charge is 0.398 e. The fourth-order valence-electron chi connectivity index (χ4n) is 3.24. The lowest BCUT2D eigenvalue weighted by Crippen LogP contribution is -2.01. The van der Waals surface area contributed by atoms with Crippen molar-refractivity contribution in [2.75, 3.05) is 11.5 Å². The molecule has 3 aromatic rings. The summed E-state index contributed by atoms with van der Waals surface area (Å²) in [6.45, 7) is 6.65. The minimum Gasteiger partial charge on any atom is -0.398 e. The van der Waals surface area contributed by atoms with Crippen LogP contribution in [-0.4, -0.2) is 0 Å². The zero-order chi connectivity index (χ0) is 19.4. The van der Waals surface area contributed by atoms with Crippen LogP contribution in [0.5, 0.6) is 0 Å². The van der Waals surface area contributed by atoms with Crippen LogP contribution in [0.15, 0.2) is 64.4 Å². The summed E-state index contributed by atoms with van der Waals surface area (Å²) in [7, 11) is 0. The van der Waals surface area contributed by atoms with E-state index >= 15 is 0 Å². The van der Waals surface area contributed by atoms with Gasteiger partial charge in [0.15, 0.2) is 0 Å². The Hall–Kier alpha value is -2.04. The molecule has 0 aliphatic heterocycles. The standard InChI is InChI=1S/C23H26N2S2/c1-15-12-16(2)19(14-27-23-11-7-5-9-21(23)25)17(3)18(15)13-26-22-10-6-4-8-20(22)24/h4-12H,13-14,24-25H2,1-3H3. The molecule has 0 saturated heterocycles. The molecule has 27 heavy (non-hydrogen) atoms. The molecule has 0 amide bonds. The van der Waals surface area contributed by atoms with Crippen molar-refractivity contribution in [1.29, 1.82) is 0 Å². The van der Waals surface area contributed by atoms with Crippen LogP contribution in [-0.2, 0) is 11.5 Å². The maximum Gasteiger partial charge on any atom is 0.0452 e. The molecule has 0 heterocycles. The highest BCUT2D eigenvalue weighted by molar-refractivity contribution is 7.99. The molecule has 0 spiro atoms. The molecule has 4 heteroatoms. The second-order valence-corrected chi connectivity index (χ2v) is 8.78. The fourth-order valence-corrected chi connectivity index (χ4v) is 5.55. The predicted octanol–water partition coefficient (Wildman–Crippen LogP) is 6.36. The van der Waals surface area contributed by atoms with Gasteiger partial charge in [0, 0.05) is 32.7 Å². The number of aryl methyl sites for hydroxylation is 2. The summed E-state index contributed by atoms with van der Waals surface area (Å²) in [6.07, 6.45) is 0. The molecule has 0 fully saturated rings. The minimum atomic E-state index is 0.847. The van der Waals surface area contributed by atoms with Crippen LogP contribution < -0.4 is 11.5 Å². The summed E-state index contributed by atoms with van der Waals surface area (Å²) in [4.78, 5) is 2.29. The van der Waals surface area contributed by atoms with Crippen molar-refractivity contribution in [1.82, 2.24) is 0 Å². The second kappa shape index (κ2) is 8.77. The third-order valence-electron chi connectivity index (χ3n) is 4.87. The van der Waals surface area contributed by atoms with E-state index in [0.29, 0.717) is 0 Å². The molecule has 3 aromatic carbocycles. The zero-order valence-electron chi connectivity index (χ0n) is 16.1. The summed E-state index contributed by atoms with van der Waals surface area (Å²) in [6, 6.07) is 18.5. The van der Waals surface area contributed by atoms with Gasteiger partial charge >= 0.3 is 0 Å². The van der Waals surface area contributed by atoms with Crippen LogP contribution in [0.1, 0.15) is 27.8 Å². The van der Waals surface area contributed by atoms with Crippen molar-refractivity contribution in [3.63, 3.8) is 0 Å². The second-order valence-electron chi connectivity index (χ2n) is 6.75. The summed E-state index contributed by atoms with van der Waals surface area (Å²) < 4.78 is 0. The van der Waals surface area contributed by atoms with Crippen LogP contribution in [0.3, 0.4) is 0 Å². The number of benzene rings is 3. The van der Waals surface area contributed by atoms with Crippen LogP contribution in [0.4, 0.5) is 11.4 Å². The van der Waals surface area contributed by atoms with Crippen LogP contribution in [0, 0.1) is 20.8 Å². The molecule has 0 aliphatic carbocycles. The number of rotatable bonds is 6. The summed E-state index contributed by atoms with van der Waals surface area (Å²) in [5.74, 6) is 1.86. The summed E-state index contributed by atoms with van der Waals surface area (Å²) in [5, 5.41) is 0. The summed E-state index contributed by atoms with van der Waals surface area (Å²) >= 11 is 3.62. The van der Waals surface area contributed by atoms with Crippen molar-refractivity contribution in [2.45, 2.75) is 42.1 Å². The Kier molecular flexibility index (Phi) is 6.40. The number of hydrogen-bond acceptors (Lipinski definition) is 4. The summed E-state index contributed by atoms with van der Waals surface area (Å²) in [5.41, 5.74) is 20.8. The SMILES string of the molecule is Cc1cc(C)c(CSc2ccccc2N)c(C)c1CSc1ccccc1N. The van der Waals surface area contributed by atoms with Gasteiger partial charge in [-0.25, -0.2) is 0 Å². The van der Waals surface area contributed by atoms with Crippen molar-refractivity contribution >= 4 is 34.9 Å². The molecular weight excluding hydrogens is 368 g/mol. The Morgan fingerprint density at radius 1 is 0.667 bits per heavy atom. The average Bonchev–Trinajstić information content (AvgIpc) is 2.64. The van der Waals surface area contributed by atoms with E-state index in [1.807, 2.05) is 59.9 Å². The molecule has 0 aromatic heterocycles. The lowest BCUT2D eigenvalue weighted by molar-refractivity contribution is 1.15. The van der Waals surface area contributed by atoms with Gasteiger partial charge in [-0.2, -0.15) is 0 Å². The number of hydrogen-bond donors (Lipinski definition) is 2. The number of nitrogens with two attached hydrogens (primary N) is 2. The maximum absolute atomic E-state index is 6.11. The van der Waals surface area contributed by atoms with E-state index in [1.165, 1.54) is 27.8 Å². The molecule has 4 N–H and O–H groups in total. The van der Waals surface area contributed by atoms with E-state index < -0.39 is 0 Å². The van der Waals surface area contributed by atoms with E-state index in [0.717, 1.165) is 32.7 Å². The molecule has 0 aliphatic rings. The lowest BCUT2D eigenvalue weighted by Gasteiger charge is -2.18. The van der Waals surface area contributed by atoms with Crippen molar-refractivity contribution in [3.05, 3.63) is 82.4 Å². The van der Waals surface area contributed by atoms with E-state index in [4.69, 9.17) is 11.5 Å². The van der Waals surface area contributed by atoms with E-state index in [-0.39, 0.29) is 0 Å². The van der Waals surface area contributed by atoms with E-state index in [1.54, 1.807) is 0 Å². The van der Waals surface area contributed by atoms with Crippen LogP contribution in [0.2, 0.25) is 0 Å². The molecular formula is C23H26N2S2. The minimum absolute atomic E-state index is 0.847. The molecule has 0 unspecified atom stereocenters. The van der Waals surface area contributed by atoms with Gasteiger partial charge in [-0.05, 0) is 72.9 Å². The normalized spacial score (nSPS) is 10.9. The highest BCUT2D eigenvalue weighted by atomic mass is 32.2. The highest BCUT2D eigenvalue weighted by Gasteiger charge is 2.13. The number of thioether (sulfide) groups is 2. The van der Waals surface area contributed by atoms with E-state index in [9.17, 15) is 0 Å². The quantitative estimate of drug-likeness (QED) is 0.377. The Labute approximate surface area is 170 Å². The average molecular weight is 395 g/mol. The Morgan fingerprint density at radius 3 is 1.48 bits per heavy atom. The van der Waals surface area contributed by atoms with Gasteiger partial charge in [-0.15, -0.1) is 23.5 Å². The number of anilines is 2. The first-order valence-electron chi connectivity index (χ1n) is 9.00. The smallest absolute Gasteiger partial charge is 0.0452 e. The van der Waals surface area contributed by atoms with Crippen LogP contribution in [0.25, 0.3) is 0 Å². The first-order valence-corrected chi connectivity index (χ1v) is 11.0. The van der Waals surface area contributed by atoms with Gasteiger partial charge in [-0.1, -0.05) is 30.3 Å². The zero-order valence-corrected chi connectivity index (χ0v) is 17.7. The Bertz CT molecular complexity index is 877. The lowest BCUT2D eigenvalue weighted by atomic mass is 9.95. The first-order chi connectivity index (χ1) is 13.0. The highest BCUT2D eigenvalue weighted by Crippen LogP contribution is 2.35. The molecule has 0 bridgehead atoms. The first kappa shape index (κ1) is 19.7. The molecule has 2 nitrogen and oxygen atoms in total. The van der Waals surface area contributed by atoms with Crippen molar-refractivity contribution in [3.8, 4) is 0 Å². The van der Waals surface area contributed by atoms with Gasteiger partial charge < -0.3 is 11.5 Å². The van der Waals surface area contributed by atoms with Gasteiger partial charge in [-0.3, -0.25) is 0 Å². The monoisotopic (exact) mass is 394 g/mol. The topological polar surface area (TPSA) is 52.0 Å². The maximum atomic E-state index is 6.11. The molecule has 0 atom stereocenters. The predicted molar refractivity (Wildman–Crippen MR) is 121 cm³/mol. The van der Waals surface area contributed by atoms with Crippen molar-refractivity contribution < 1.29 is 0 Å². The fraction of sp³-hybridized carbons (Fsp3) is 0.217. The van der Waals surface area contributed by atoms with Gasteiger partial charge in [0.05, 0.1) is 0 Å². The third-order valence-corrected chi connectivity index (χ3v) is 7.10.